The number of rotatable bonds is 3. The zero-order chi connectivity index (χ0) is 11.5. The molecule has 3 N–H and O–H groups in total. The van der Waals surface area contributed by atoms with E-state index in [4.69, 9.17) is 5.73 Å². The van der Waals surface area contributed by atoms with Crippen molar-refractivity contribution in [2.24, 2.45) is 0 Å². The first-order chi connectivity index (χ1) is 7.66. The van der Waals surface area contributed by atoms with Crippen molar-refractivity contribution in [2.45, 2.75) is 13.5 Å². The van der Waals surface area contributed by atoms with Gasteiger partial charge in [-0.3, -0.25) is 0 Å². The average molecular weight is 300 g/mol. The molecule has 0 radical (unpaired) electrons. The lowest BCUT2D eigenvalue weighted by Crippen LogP contribution is -2.04. The second kappa shape index (κ2) is 4.75. The van der Waals surface area contributed by atoms with Gasteiger partial charge in [0.25, 0.3) is 0 Å². The molecule has 0 saturated heterocycles. The summed E-state index contributed by atoms with van der Waals surface area (Å²) in [5.41, 5.74) is 8.38. The Bertz CT molecular complexity index is 498. The number of thiazole rings is 1. The SMILES string of the molecule is Cc1ncsc1CNc1nc(N)ncc1Br. The van der Waals surface area contributed by atoms with E-state index in [1.54, 1.807) is 17.5 Å². The minimum absolute atomic E-state index is 0.256. The second-order valence-corrected chi connectivity index (χ2v) is 4.93. The van der Waals surface area contributed by atoms with Crippen molar-refractivity contribution < 1.29 is 0 Å². The van der Waals surface area contributed by atoms with Crippen molar-refractivity contribution in [2.75, 3.05) is 11.1 Å². The molecule has 0 aliphatic rings. The molecule has 0 saturated carbocycles. The molecule has 0 amide bonds. The maximum atomic E-state index is 5.51. The Morgan fingerprint density at radius 2 is 2.31 bits per heavy atom. The summed E-state index contributed by atoms with van der Waals surface area (Å²) in [7, 11) is 0. The van der Waals surface area contributed by atoms with Crippen LogP contribution in [0, 0.1) is 6.92 Å². The van der Waals surface area contributed by atoms with Crippen LogP contribution in [0.25, 0.3) is 0 Å². The number of nitrogens with zero attached hydrogens (tertiary/aromatic N) is 3. The van der Waals surface area contributed by atoms with E-state index < -0.39 is 0 Å². The van der Waals surface area contributed by atoms with Crippen molar-refractivity contribution in [1.82, 2.24) is 15.0 Å². The van der Waals surface area contributed by atoms with Gasteiger partial charge in [-0.05, 0) is 22.9 Å². The van der Waals surface area contributed by atoms with Crippen LogP contribution in [0.5, 0.6) is 0 Å². The van der Waals surface area contributed by atoms with Gasteiger partial charge in [0.2, 0.25) is 5.95 Å². The number of halogens is 1. The summed E-state index contributed by atoms with van der Waals surface area (Å²) >= 11 is 4.97. The lowest BCUT2D eigenvalue weighted by Gasteiger charge is -2.06. The summed E-state index contributed by atoms with van der Waals surface area (Å²) in [4.78, 5) is 13.3. The van der Waals surface area contributed by atoms with Gasteiger partial charge in [0.15, 0.2) is 0 Å². The van der Waals surface area contributed by atoms with Crippen molar-refractivity contribution >= 4 is 39.0 Å². The number of anilines is 2. The van der Waals surface area contributed by atoms with Crippen molar-refractivity contribution in [3.63, 3.8) is 0 Å². The molecule has 7 heteroatoms. The molecular formula is C9H10BrN5S. The van der Waals surface area contributed by atoms with Gasteiger partial charge in [0.05, 0.1) is 22.2 Å². The van der Waals surface area contributed by atoms with Crippen LogP contribution in [-0.4, -0.2) is 15.0 Å². The van der Waals surface area contributed by atoms with E-state index >= 15 is 0 Å². The lowest BCUT2D eigenvalue weighted by atomic mass is 10.4. The van der Waals surface area contributed by atoms with Crippen LogP contribution < -0.4 is 11.1 Å². The molecule has 0 spiro atoms. The Morgan fingerprint density at radius 3 is 3.00 bits per heavy atom. The number of nitrogens with one attached hydrogen (secondary N) is 1. The third-order valence-corrected chi connectivity index (χ3v) is 3.54. The molecular weight excluding hydrogens is 290 g/mol. The standard InChI is InChI=1S/C9H10BrN5S/c1-5-7(16-4-14-5)3-12-8-6(10)2-13-9(11)15-8/h2,4H,3H2,1H3,(H3,11,12,13,15). The van der Waals surface area contributed by atoms with Crippen molar-refractivity contribution in [3.8, 4) is 0 Å². The summed E-state index contributed by atoms with van der Waals surface area (Å²) in [5.74, 6) is 0.951. The number of nitrogen functional groups attached to an aromatic ring is 1. The number of nitrogens with two attached hydrogens (primary N) is 1. The molecule has 0 atom stereocenters. The molecule has 2 heterocycles. The molecule has 2 aromatic rings. The van der Waals surface area contributed by atoms with Gasteiger partial charge < -0.3 is 11.1 Å². The highest BCUT2D eigenvalue weighted by molar-refractivity contribution is 9.10. The molecule has 2 rings (SSSR count). The Kier molecular flexibility index (Phi) is 3.35. The zero-order valence-electron chi connectivity index (χ0n) is 8.57. The Labute approximate surface area is 105 Å². The fourth-order valence-electron chi connectivity index (χ4n) is 1.16. The van der Waals surface area contributed by atoms with E-state index in [1.165, 1.54) is 4.88 Å². The number of hydrogen-bond donors (Lipinski definition) is 2. The minimum atomic E-state index is 0.256. The molecule has 0 aromatic carbocycles. The lowest BCUT2D eigenvalue weighted by molar-refractivity contribution is 1.07. The molecule has 0 aliphatic carbocycles. The first-order valence-electron chi connectivity index (χ1n) is 4.57. The molecule has 0 bridgehead atoms. The number of aromatic nitrogens is 3. The van der Waals surface area contributed by atoms with Crippen molar-refractivity contribution in [1.29, 1.82) is 0 Å². The van der Waals surface area contributed by atoms with Gasteiger partial charge in [-0.15, -0.1) is 11.3 Å². The summed E-state index contributed by atoms with van der Waals surface area (Å²) in [5, 5.41) is 3.19. The topological polar surface area (TPSA) is 76.7 Å². The predicted octanol–water partition coefficient (Wildman–Crippen LogP) is 2.20. The van der Waals surface area contributed by atoms with Crippen LogP contribution in [0.1, 0.15) is 10.6 Å². The fourth-order valence-corrected chi connectivity index (χ4v) is 2.21. The molecule has 0 fully saturated rings. The van der Waals surface area contributed by atoms with E-state index in [9.17, 15) is 0 Å². The van der Waals surface area contributed by atoms with Crippen LogP contribution in [0.3, 0.4) is 0 Å². The Balaban J connectivity index is 2.10. The predicted molar refractivity (Wildman–Crippen MR) is 68.3 cm³/mol. The van der Waals surface area contributed by atoms with Gasteiger partial charge in [-0.1, -0.05) is 0 Å². The summed E-state index contributed by atoms with van der Waals surface area (Å²) < 4.78 is 0.795. The Hall–Kier alpha value is -1.21. The molecule has 0 unspecified atom stereocenters. The van der Waals surface area contributed by atoms with E-state index in [0.29, 0.717) is 12.4 Å². The van der Waals surface area contributed by atoms with Crippen LogP contribution >= 0.6 is 27.3 Å². The van der Waals surface area contributed by atoms with E-state index in [-0.39, 0.29) is 5.95 Å². The highest BCUT2D eigenvalue weighted by Gasteiger charge is 2.05. The van der Waals surface area contributed by atoms with Gasteiger partial charge in [0, 0.05) is 11.1 Å². The maximum Gasteiger partial charge on any atom is 0.221 e. The van der Waals surface area contributed by atoms with Crippen LogP contribution in [0.4, 0.5) is 11.8 Å². The van der Waals surface area contributed by atoms with Crippen LogP contribution in [0.15, 0.2) is 16.2 Å². The molecule has 16 heavy (non-hydrogen) atoms. The molecule has 5 nitrogen and oxygen atoms in total. The third-order valence-electron chi connectivity index (χ3n) is 2.02. The molecule has 2 aromatic heterocycles. The van der Waals surface area contributed by atoms with Crippen molar-refractivity contribution in [3.05, 3.63) is 26.8 Å². The van der Waals surface area contributed by atoms with E-state index in [0.717, 1.165) is 10.2 Å². The second-order valence-electron chi connectivity index (χ2n) is 3.14. The highest BCUT2D eigenvalue weighted by atomic mass is 79.9. The van der Waals surface area contributed by atoms with Crippen LogP contribution in [-0.2, 0) is 6.54 Å². The normalized spacial score (nSPS) is 10.4. The van der Waals surface area contributed by atoms with Gasteiger partial charge in [0.1, 0.15) is 5.82 Å². The summed E-state index contributed by atoms with van der Waals surface area (Å²) in [6.45, 7) is 2.67. The van der Waals surface area contributed by atoms with Gasteiger partial charge in [-0.2, -0.15) is 4.98 Å². The number of aryl methyl sites for hydroxylation is 1. The highest BCUT2D eigenvalue weighted by Crippen LogP contribution is 2.21. The fraction of sp³-hybridized carbons (Fsp3) is 0.222. The Morgan fingerprint density at radius 1 is 1.50 bits per heavy atom. The zero-order valence-corrected chi connectivity index (χ0v) is 11.0. The third kappa shape index (κ3) is 2.48. The molecule has 84 valence electrons. The van der Waals surface area contributed by atoms with Gasteiger partial charge >= 0.3 is 0 Å². The quantitative estimate of drug-likeness (QED) is 0.908. The first kappa shape index (κ1) is 11.3. The summed E-state index contributed by atoms with van der Waals surface area (Å²) in [6, 6.07) is 0. The maximum absolute atomic E-state index is 5.51. The summed E-state index contributed by atoms with van der Waals surface area (Å²) in [6.07, 6.45) is 1.63. The minimum Gasteiger partial charge on any atom is -0.368 e. The number of hydrogen-bond acceptors (Lipinski definition) is 6. The smallest absolute Gasteiger partial charge is 0.221 e. The van der Waals surface area contributed by atoms with Gasteiger partial charge in [-0.25, -0.2) is 9.97 Å². The van der Waals surface area contributed by atoms with E-state index in [1.807, 2.05) is 12.4 Å². The van der Waals surface area contributed by atoms with E-state index in [2.05, 4.69) is 36.2 Å². The monoisotopic (exact) mass is 299 g/mol. The average Bonchev–Trinajstić information content (AvgIpc) is 2.66. The largest absolute Gasteiger partial charge is 0.368 e. The molecule has 0 aliphatic heterocycles. The first-order valence-corrected chi connectivity index (χ1v) is 6.25. The van der Waals surface area contributed by atoms with Crippen LogP contribution in [0.2, 0.25) is 0 Å².